The average molecular weight is 287 g/mol. The zero-order chi connectivity index (χ0) is 12.9. The van der Waals surface area contributed by atoms with Gasteiger partial charge in [0.25, 0.3) is 0 Å². The lowest BCUT2D eigenvalue weighted by atomic mass is 10.1. The third-order valence-corrected chi connectivity index (χ3v) is 5.26. The van der Waals surface area contributed by atoms with Gasteiger partial charge < -0.3 is 5.11 Å². The van der Waals surface area contributed by atoms with E-state index in [-0.39, 0.29) is 28.3 Å². The van der Waals surface area contributed by atoms with Gasteiger partial charge in [0.2, 0.25) is 0 Å². The van der Waals surface area contributed by atoms with Gasteiger partial charge in [-0.05, 0) is 18.6 Å². The molecule has 0 radical (unpaired) electrons. The molecule has 0 spiro atoms. The van der Waals surface area contributed by atoms with E-state index in [1.165, 1.54) is 6.07 Å². The monoisotopic (exact) mass is 286 g/mol. The molecular formula is C11H11ClN2O3S. The van der Waals surface area contributed by atoms with Gasteiger partial charge in [-0.15, -0.1) is 0 Å². The largest absolute Gasteiger partial charge is 0.506 e. The van der Waals surface area contributed by atoms with Crippen LogP contribution in [0.3, 0.4) is 0 Å². The molecule has 0 amide bonds. The van der Waals surface area contributed by atoms with Crippen molar-refractivity contribution in [3.8, 4) is 5.75 Å². The summed E-state index contributed by atoms with van der Waals surface area (Å²) in [4.78, 5) is 4.20. The van der Waals surface area contributed by atoms with Crippen molar-refractivity contribution in [2.75, 3.05) is 11.5 Å². The number of aromatic nitrogens is 2. The van der Waals surface area contributed by atoms with Crippen molar-refractivity contribution in [2.45, 2.75) is 12.3 Å². The molecule has 7 heteroatoms. The minimum atomic E-state index is -2.97. The zero-order valence-corrected chi connectivity index (χ0v) is 10.9. The van der Waals surface area contributed by atoms with E-state index in [0.717, 1.165) is 0 Å². The summed E-state index contributed by atoms with van der Waals surface area (Å²) in [5.74, 6) is 0.770. The maximum absolute atomic E-state index is 11.5. The highest BCUT2D eigenvalue weighted by atomic mass is 35.5. The van der Waals surface area contributed by atoms with Crippen molar-refractivity contribution in [3.63, 3.8) is 0 Å². The first-order chi connectivity index (χ1) is 8.48. The molecule has 2 aromatic heterocycles. The zero-order valence-electron chi connectivity index (χ0n) is 9.38. The molecule has 1 atom stereocenters. The number of sulfone groups is 1. The van der Waals surface area contributed by atoms with Crippen molar-refractivity contribution >= 4 is 27.0 Å². The predicted octanol–water partition coefficient (Wildman–Crippen LogP) is 1.60. The van der Waals surface area contributed by atoms with Gasteiger partial charge in [0.15, 0.2) is 15.0 Å². The van der Waals surface area contributed by atoms with Crippen LogP contribution in [-0.2, 0) is 9.84 Å². The summed E-state index contributed by atoms with van der Waals surface area (Å²) in [7, 11) is -2.97. The number of nitrogens with zero attached hydrogens (tertiary/aromatic N) is 2. The molecule has 0 bridgehead atoms. The van der Waals surface area contributed by atoms with Crippen LogP contribution in [0.15, 0.2) is 18.3 Å². The molecule has 3 heterocycles. The number of fused-ring (bicyclic) bond motifs is 1. The number of imidazole rings is 1. The third-order valence-electron chi connectivity index (χ3n) is 3.23. The molecule has 18 heavy (non-hydrogen) atoms. The first-order valence-corrected chi connectivity index (χ1v) is 7.74. The van der Waals surface area contributed by atoms with Crippen molar-refractivity contribution in [1.29, 1.82) is 0 Å². The fourth-order valence-electron chi connectivity index (χ4n) is 2.39. The van der Waals surface area contributed by atoms with E-state index >= 15 is 0 Å². The van der Waals surface area contributed by atoms with Gasteiger partial charge in [0.05, 0.1) is 11.5 Å². The predicted molar refractivity (Wildman–Crippen MR) is 67.9 cm³/mol. The number of rotatable bonds is 1. The Hall–Kier alpha value is -1.27. The van der Waals surface area contributed by atoms with Crippen LogP contribution < -0.4 is 0 Å². The molecule has 5 nitrogen and oxygen atoms in total. The lowest BCUT2D eigenvalue weighted by Gasteiger charge is -2.06. The Balaban J connectivity index is 2.17. The molecule has 1 N–H and O–H groups in total. The summed E-state index contributed by atoms with van der Waals surface area (Å²) in [6.07, 6.45) is 2.28. The maximum atomic E-state index is 11.5. The van der Waals surface area contributed by atoms with Crippen LogP contribution in [0.1, 0.15) is 18.2 Å². The molecule has 0 saturated carbocycles. The molecule has 1 aliphatic heterocycles. The fourth-order valence-corrected chi connectivity index (χ4v) is 4.40. The van der Waals surface area contributed by atoms with Crippen LogP contribution in [0.4, 0.5) is 0 Å². The number of pyridine rings is 1. The smallest absolute Gasteiger partial charge is 0.158 e. The van der Waals surface area contributed by atoms with Gasteiger partial charge in [0.1, 0.15) is 17.1 Å². The standard InChI is InChI=1S/C11H11ClN2O3S/c12-10-9-8(15)2-1-4-14(9)11(13-10)7-3-5-18(16,17)6-7/h1-2,4,7,15H,3,5-6H2. The van der Waals surface area contributed by atoms with Gasteiger partial charge in [-0.25, -0.2) is 13.4 Å². The summed E-state index contributed by atoms with van der Waals surface area (Å²) >= 11 is 5.99. The molecule has 0 aliphatic carbocycles. The van der Waals surface area contributed by atoms with E-state index in [1.807, 2.05) is 0 Å². The average Bonchev–Trinajstić information content (AvgIpc) is 2.81. The molecule has 1 unspecified atom stereocenters. The second-order valence-corrected chi connectivity index (χ2v) is 7.06. The highest BCUT2D eigenvalue weighted by Gasteiger charge is 2.32. The molecule has 0 aromatic carbocycles. The summed E-state index contributed by atoms with van der Waals surface area (Å²) in [6, 6.07) is 3.20. The topological polar surface area (TPSA) is 71.7 Å². The van der Waals surface area contributed by atoms with E-state index in [2.05, 4.69) is 4.98 Å². The maximum Gasteiger partial charge on any atom is 0.158 e. The highest BCUT2D eigenvalue weighted by Crippen LogP contribution is 2.33. The van der Waals surface area contributed by atoms with Crippen LogP contribution in [-0.4, -0.2) is 34.4 Å². The molecule has 3 rings (SSSR count). The molecular weight excluding hydrogens is 276 g/mol. The molecule has 1 aliphatic rings. The summed E-state index contributed by atoms with van der Waals surface area (Å²) < 4.78 is 24.7. The molecule has 1 saturated heterocycles. The highest BCUT2D eigenvalue weighted by molar-refractivity contribution is 7.91. The first-order valence-electron chi connectivity index (χ1n) is 5.54. The molecule has 96 valence electrons. The van der Waals surface area contributed by atoms with Crippen molar-refractivity contribution in [2.24, 2.45) is 0 Å². The molecule has 2 aromatic rings. The lowest BCUT2D eigenvalue weighted by molar-refractivity contribution is 0.478. The van der Waals surface area contributed by atoms with Crippen molar-refractivity contribution in [1.82, 2.24) is 9.38 Å². The van der Waals surface area contributed by atoms with Crippen molar-refractivity contribution in [3.05, 3.63) is 29.3 Å². The third kappa shape index (κ3) is 1.76. The lowest BCUT2D eigenvalue weighted by Crippen LogP contribution is -2.07. The number of hydrogen-bond acceptors (Lipinski definition) is 4. The quantitative estimate of drug-likeness (QED) is 0.864. The van der Waals surface area contributed by atoms with E-state index in [9.17, 15) is 13.5 Å². The summed E-state index contributed by atoms with van der Waals surface area (Å²) in [5.41, 5.74) is 0.429. The van der Waals surface area contributed by atoms with Gasteiger partial charge in [-0.1, -0.05) is 11.6 Å². The van der Waals surface area contributed by atoms with Crippen molar-refractivity contribution < 1.29 is 13.5 Å². The number of aromatic hydroxyl groups is 1. The summed E-state index contributed by atoms with van der Waals surface area (Å²) in [5, 5.41) is 9.95. The van der Waals surface area contributed by atoms with Crippen LogP contribution in [0.5, 0.6) is 5.75 Å². The minimum Gasteiger partial charge on any atom is -0.506 e. The SMILES string of the molecule is O=S1(=O)CCC(c2nc(Cl)c3c(O)cccn23)C1. The number of halogens is 1. The van der Waals surface area contributed by atoms with Gasteiger partial charge in [-0.3, -0.25) is 4.40 Å². The van der Waals surface area contributed by atoms with Crippen LogP contribution >= 0.6 is 11.6 Å². The van der Waals surface area contributed by atoms with Crippen LogP contribution in [0.25, 0.3) is 5.52 Å². The second-order valence-electron chi connectivity index (χ2n) is 4.47. The van der Waals surface area contributed by atoms with E-state index in [4.69, 9.17) is 11.6 Å². The van der Waals surface area contributed by atoms with E-state index in [0.29, 0.717) is 17.8 Å². The Morgan fingerprint density at radius 2 is 2.28 bits per heavy atom. The normalized spacial score (nSPS) is 22.6. The number of hydrogen-bond donors (Lipinski definition) is 1. The fraction of sp³-hybridized carbons (Fsp3) is 0.364. The Kier molecular flexibility index (Phi) is 2.53. The Labute approximate surface area is 109 Å². The second kappa shape index (κ2) is 3.86. The Morgan fingerprint density at radius 1 is 1.50 bits per heavy atom. The van der Waals surface area contributed by atoms with Gasteiger partial charge in [-0.2, -0.15) is 0 Å². The molecule has 1 fully saturated rings. The van der Waals surface area contributed by atoms with Crippen LogP contribution in [0.2, 0.25) is 5.15 Å². The van der Waals surface area contributed by atoms with E-state index < -0.39 is 9.84 Å². The van der Waals surface area contributed by atoms with Crippen LogP contribution in [0, 0.1) is 0 Å². The summed E-state index contributed by atoms with van der Waals surface area (Å²) in [6.45, 7) is 0. The minimum absolute atomic E-state index is 0.0436. The first kappa shape index (κ1) is 11.8. The Morgan fingerprint density at radius 3 is 2.94 bits per heavy atom. The van der Waals surface area contributed by atoms with Gasteiger partial charge in [0, 0.05) is 12.1 Å². The van der Waals surface area contributed by atoms with E-state index in [1.54, 1.807) is 16.7 Å². The Bertz CT molecular complexity index is 723. The van der Waals surface area contributed by atoms with Gasteiger partial charge >= 0.3 is 0 Å².